The molecule has 0 unspecified atom stereocenters. The molecule has 2 aliphatic heterocycles. The SMILES string of the molecule is Cl.Cl.O=S(=O)(Nc1ccc2c(c1)CCNC2)c1ccc2c(c1)CNCC2. The van der Waals surface area contributed by atoms with Crippen molar-refractivity contribution in [2.24, 2.45) is 0 Å². The van der Waals surface area contributed by atoms with E-state index in [-0.39, 0.29) is 24.8 Å². The molecule has 0 saturated carbocycles. The lowest BCUT2D eigenvalue weighted by molar-refractivity contribution is 0.599. The molecule has 2 aromatic carbocycles. The highest BCUT2D eigenvalue weighted by Crippen LogP contribution is 2.24. The number of anilines is 1. The molecule has 2 aromatic rings. The third kappa shape index (κ3) is 4.32. The minimum atomic E-state index is -3.57. The number of sulfonamides is 1. The highest BCUT2D eigenvalue weighted by molar-refractivity contribution is 7.92. The number of halogens is 2. The number of benzene rings is 2. The lowest BCUT2D eigenvalue weighted by atomic mass is 10.0. The van der Waals surface area contributed by atoms with Gasteiger partial charge in [0.25, 0.3) is 10.0 Å². The molecule has 142 valence electrons. The van der Waals surface area contributed by atoms with Crippen LogP contribution in [0.2, 0.25) is 0 Å². The second-order valence-electron chi connectivity index (χ2n) is 6.37. The molecule has 2 aliphatic rings. The summed E-state index contributed by atoms with van der Waals surface area (Å²) in [5, 5.41) is 6.60. The van der Waals surface area contributed by atoms with Crippen LogP contribution in [0.3, 0.4) is 0 Å². The Hall–Kier alpha value is -1.31. The summed E-state index contributed by atoms with van der Waals surface area (Å²) >= 11 is 0. The maximum atomic E-state index is 12.7. The molecule has 26 heavy (non-hydrogen) atoms. The van der Waals surface area contributed by atoms with Crippen molar-refractivity contribution in [3.8, 4) is 0 Å². The van der Waals surface area contributed by atoms with E-state index in [1.165, 1.54) is 16.7 Å². The predicted molar refractivity (Wildman–Crippen MR) is 109 cm³/mol. The molecule has 0 aromatic heterocycles. The van der Waals surface area contributed by atoms with Crippen molar-refractivity contribution < 1.29 is 8.42 Å². The Kier molecular flexibility index (Phi) is 6.93. The first-order valence-electron chi connectivity index (χ1n) is 8.30. The molecule has 0 saturated heterocycles. The average Bonchev–Trinajstić information content (AvgIpc) is 2.61. The lowest BCUT2D eigenvalue weighted by Crippen LogP contribution is -2.24. The first kappa shape index (κ1) is 21.0. The number of hydrogen-bond donors (Lipinski definition) is 3. The van der Waals surface area contributed by atoms with Crippen LogP contribution in [0.4, 0.5) is 5.69 Å². The van der Waals surface area contributed by atoms with Gasteiger partial charge in [0, 0.05) is 18.8 Å². The predicted octanol–water partition coefficient (Wildman–Crippen LogP) is 2.62. The molecule has 0 bridgehead atoms. The van der Waals surface area contributed by atoms with Crippen molar-refractivity contribution in [2.75, 3.05) is 17.8 Å². The fourth-order valence-electron chi connectivity index (χ4n) is 3.38. The van der Waals surface area contributed by atoms with Gasteiger partial charge in [-0.15, -0.1) is 24.8 Å². The molecule has 0 radical (unpaired) electrons. The van der Waals surface area contributed by atoms with Gasteiger partial charge in [0.2, 0.25) is 0 Å². The average molecular weight is 416 g/mol. The Morgan fingerprint density at radius 3 is 2.19 bits per heavy atom. The molecule has 0 aliphatic carbocycles. The van der Waals surface area contributed by atoms with Gasteiger partial charge in [-0.05, 0) is 72.5 Å². The molecule has 8 heteroatoms. The first-order valence-corrected chi connectivity index (χ1v) is 9.78. The minimum absolute atomic E-state index is 0. The molecule has 2 heterocycles. The van der Waals surface area contributed by atoms with Crippen molar-refractivity contribution in [2.45, 2.75) is 30.8 Å². The molecule has 5 nitrogen and oxygen atoms in total. The van der Waals surface area contributed by atoms with E-state index in [2.05, 4.69) is 15.4 Å². The fraction of sp³-hybridized carbons (Fsp3) is 0.333. The Labute approximate surface area is 166 Å². The van der Waals surface area contributed by atoms with Crippen molar-refractivity contribution >= 4 is 40.5 Å². The fourth-order valence-corrected chi connectivity index (χ4v) is 4.48. The van der Waals surface area contributed by atoms with E-state index in [1.807, 2.05) is 24.3 Å². The van der Waals surface area contributed by atoms with Crippen LogP contribution in [-0.2, 0) is 36.0 Å². The van der Waals surface area contributed by atoms with Crippen LogP contribution in [0.1, 0.15) is 22.3 Å². The van der Waals surface area contributed by atoms with Gasteiger partial charge >= 0.3 is 0 Å². The second kappa shape index (κ2) is 8.59. The largest absolute Gasteiger partial charge is 0.312 e. The van der Waals surface area contributed by atoms with E-state index >= 15 is 0 Å². The molecule has 0 spiro atoms. The van der Waals surface area contributed by atoms with Gasteiger partial charge in [-0.1, -0.05) is 12.1 Å². The van der Waals surface area contributed by atoms with Crippen LogP contribution in [0.25, 0.3) is 0 Å². The maximum absolute atomic E-state index is 12.7. The highest BCUT2D eigenvalue weighted by atomic mass is 35.5. The summed E-state index contributed by atoms with van der Waals surface area (Å²) in [6.07, 6.45) is 1.87. The van der Waals surface area contributed by atoms with E-state index in [9.17, 15) is 8.42 Å². The van der Waals surface area contributed by atoms with Crippen LogP contribution >= 0.6 is 24.8 Å². The molecular weight excluding hydrogens is 393 g/mol. The lowest BCUT2D eigenvalue weighted by Gasteiger charge is -2.19. The summed E-state index contributed by atoms with van der Waals surface area (Å²) in [5.41, 5.74) is 5.38. The molecule has 0 atom stereocenters. The van der Waals surface area contributed by atoms with E-state index in [4.69, 9.17) is 0 Å². The van der Waals surface area contributed by atoms with Crippen LogP contribution < -0.4 is 15.4 Å². The van der Waals surface area contributed by atoms with Crippen LogP contribution in [0, 0.1) is 0 Å². The highest BCUT2D eigenvalue weighted by Gasteiger charge is 2.18. The van der Waals surface area contributed by atoms with E-state index in [1.54, 1.807) is 12.1 Å². The molecular formula is C18H23Cl2N3O2S. The van der Waals surface area contributed by atoms with Crippen molar-refractivity contribution in [3.05, 3.63) is 58.7 Å². The summed E-state index contributed by atoms with van der Waals surface area (Å²) < 4.78 is 28.1. The summed E-state index contributed by atoms with van der Waals surface area (Å²) in [6.45, 7) is 3.45. The molecule has 3 N–H and O–H groups in total. The van der Waals surface area contributed by atoms with Gasteiger partial charge in [0.1, 0.15) is 0 Å². The Morgan fingerprint density at radius 2 is 1.42 bits per heavy atom. The Bertz CT molecular complexity index is 888. The standard InChI is InChI=1S/C18H21N3O2S.2ClH/c22-24(23,18-4-2-13-5-7-20-12-16(13)10-18)21-17-3-1-15-11-19-8-6-14(15)9-17;;/h1-4,9-10,19-21H,5-8,11-12H2;2*1H. The summed E-state index contributed by atoms with van der Waals surface area (Å²) in [7, 11) is -3.57. The maximum Gasteiger partial charge on any atom is 0.261 e. The molecule has 0 fully saturated rings. The zero-order chi connectivity index (χ0) is 16.6. The monoisotopic (exact) mass is 415 g/mol. The quantitative estimate of drug-likeness (QED) is 0.720. The summed E-state index contributed by atoms with van der Waals surface area (Å²) in [5.74, 6) is 0. The zero-order valence-electron chi connectivity index (χ0n) is 14.2. The van der Waals surface area contributed by atoms with Crippen molar-refractivity contribution in [1.82, 2.24) is 10.6 Å². The third-order valence-electron chi connectivity index (χ3n) is 4.72. The number of nitrogens with one attached hydrogen (secondary N) is 3. The van der Waals surface area contributed by atoms with Crippen LogP contribution in [0.15, 0.2) is 41.3 Å². The van der Waals surface area contributed by atoms with Gasteiger partial charge in [0.05, 0.1) is 4.90 Å². The van der Waals surface area contributed by atoms with Gasteiger partial charge in [-0.3, -0.25) is 4.72 Å². The van der Waals surface area contributed by atoms with Gasteiger partial charge in [-0.25, -0.2) is 8.42 Å². The zero-order valence-corrected chi connectivity index (χ0v) is 16.7. The number of rotatable bonds is 3. The van der Waals surface area contributed by atoms with E-state index in [0.29, 0.717) is 10.6 Å². The normalized spacial score (nSPS) is 15.7. The number of hydrogen-bond acceptors (Lipinski definition) is 4. The topological polar surface area (TPSA) is 70.2 Å². The molecule has 4 rings (SSSR count). The van der Waals surface area contributed by atoms with Gasteiger partial charge in [0.15, 0.2) is 0 Å². The minimum Gasteiger partial charge on any atom is -0.312 e. The van der Waals surface area contributed by atoms with E-state index in [0.717, 1.165) is 44.6 Å². The van der Waals surface area contributed by atoms with Gasteiger partial charge in [-0.2, -0.15) is 0 Å². The summed E-state index contributed by atoms with van der Waals surface area (Å²) in [4.78, 5) is 0.323. The number of fused-ring (bicyclic) bond motifs is 2. The third-order valence-corrected chi connectivity index (χ3v) is 6.10. The smallest absolute Gasteiger partial charge is 0.261 e. The van der Waals surface area contributed by atoms with E-state index < -0.39 is 10.0 Å². The Morgan fingerprint density at radius 1 is 0.769 bits per heavy atom. The first-order chi connectivity index (χ1) is 11.6. The molecule has 0 amide bonds. The van der Waals surface area contributed by atoms with Crippen molar-refractivity contribution in [1.29, 1.82) is 0 Å². The van der Waals surface area contributed by atoms with Crippen LogP contribution in [-0.4, -0.2) is 21.5 Å². The second-order valence-corrected chi connectivity index (χ2v) is 8.06. The van der Waals surface area contributed by atoms with Crippen molar-refractivity contribution in [3.63, 3.8) is 0 Å². The summed E-state index contributed by atoms with van der Waals surface area (Å²) in [6, 6.07) is 11.2. The van der Waals surface area contributed by atoms with Gasteiger partial charge < -0.3 is 10.6 Å². The Balaban J connectivity index is 0.00000121. The van der Waals surface area contributed by atoms with Crippen LogP contribution in [0.5, 0.6) is 0 Å².